The number of nitrogens with one attached hydrogen (secondary N) is 4. The van der Waals surface area contributed by atoms with Crippen molar-refractivity contribution in [3.8, 4) is 40.1 Å². The zero-order valence-electron chi connectivity index (χ0n) is 30.9. The Morgan fingerprint density at radius 3 is 2.09 bits per heavy atom. The maximum atomic E-state index is 11.7. The molecule has 0 aliphatic carbocycles. The SMILES string of the molecule is N#Cc1cncc(COc2nc(OCc3cccc(-c4cccc(-c5ccc(CNCC6CCC(=O)N6)cc5)c4Cl)c3Cl)c(Br)cc2CNCC2CCC(=O)N2)c1. The van der Waals surface area contributed by atoms with Gasteiger partial charge in [-0.25, -0.2) is 0 Å². The van der Waals surface area contributed by atoms with Gasteiger partial charge in [0.05, 0.1) is 20.1 Å². The third-order valence-electron chi connectivity index (χ3n) is 9.88. The summed E-state index contributed by atoms with van der Waals surface area (Å²) < 4.78 is 13.1. The van der Waals surface area contributed by atoms with E-state index in [2.05, 4.69) is 72.5 Å². The quantitative estimate of drug-likeness (QED) is 0.0785. The number of rotatable bonds is 16. The van der Waals surface area contributed by atoms with Crippen LogP contribution < -0.4 is 30.7 Å². The molecular formula is C43H40BrCl2N7O4. The summed E-state index contributed by atoms with van der Waals surface area (Å²) in [6.45, 7) is 2.73. The molecule has 2 atom stereocenters. The van der Waals surface area contributed by atoms with Crippen LogP contribution in [0.3, 0.4) is 0 Å². The van der Waals surface area contributed by atoms with Crippen LogP contribution in [0.1, 0.15) is 53.5 Å². The molecule has 57 heavy (non-hydrogen) atoms. The molecule has 292 valence electrons. The maximum Gasteiger partial charge on any atom is 0.231 e. The van der Waals surface area contributed by atoms with Crippen molar-refractivity contribution >= 4 is 50.9 Å². The number of aromatic nitrogens is 2. The van der Waals surface area contributed by atoms with E-state index >= 15 is 0 Å². The Balaban J connectivity index is 1.05. The Morgan fingerprint density at radius 1 is 0.754 bits per heavy atom. The summed E-state index contributed by atoms with van der Waals surface area (Å²) in [7, 11) is 0. The number of hydrogen-bond donors (Lipinski definition) is 4. The van der Waals surface area contributed by atoms with Gasteiger partial charge < -0.3 is 30.7 Å². The zero-order chi connectivity index (χ0) is 39.7. The standard InChI is InChI=1S/C43H40BrCl2N7O4/c44-37-16-31(21-50-23-33-12-14-39(55)52-33)42(56-24-28-15-27(17-47)19-48-20-28)53-43(37)57-25-30-3-1-5-35(40(30)45)36-6-2-4-34(41(36)46)29-9-7-26(8-10-29)18-49-22-32-11-13-38(54)51-32/h1-10,15-16,19-20,32-33,49-50H,11-14,18,21-25H2,(H,51,54)(H,52,55). The van der Waals surface area contributed by atoms with E-state index < -0.39 is 0 Å². The van der Waals surface area contributed by atoms with Crippen LogP contribution >= 0.6 is 39.1 Å². The number of nitriles is 1. The van der Waals surface area contributed by atoms with Crippen LogP contribution in [0.15, 0.2) is 89.7 Å². The molecule has 2 fully saturated rings. The molecule has 2 amide bonds. The number of halogens is 3. The van der Waals surface area contributed by atoms with Crippen molar-refractivity contribution in [1.29, 1.82) is 5.26 Å². The largest absolute Gasteiger partial charge is 0.472 e. The Hall–Kier alpha value is -5.03. The lowest BCUT2D eigenvalue weighted by atomic mass is 9.97. The molecule has 4 heterocycles. The normalized spacial score (nSPS) is 16.2. The highest BCUT2D eigenvalue weighted by Crippen LogP contribution is 2.40. The molecule has 2 unspecified atom stereocenters. The predicted molar refractivity (Wildman–Crippen MR) is 223 cm³/mol. The fourth-order valence-corrected chi connectivity index (χ4v) is 7.97. The first kappa shape index (κ1) is 40.2. The van der Waals surface area contributed by atoms with Gasteiger partial charge in [0.15, 0.2) is 0 Å². The summed E-state index contributed by atoms with van der Waals surface area (Å²) in [5.74, 6) is 0.844. The monoisotopic (exact) mass is 867 g/mol. The highest BCUT2D eigenvalue weighted by molar-refractivity contribution is 9.10. The van der Waals surface area contributed by atoms with Gasteiger partial charge >= 0.3 is 0 Å². The first-order chi connectivity index (χ1) is 27.7. The molecule has 0 spiro atoms. The molecule has 7 rings (SSSR count). The molecule has 5 aromatic rings. The lowest BCUT2D eigenvalue weighted by molar-refractivity contribution is -0.120. The van der Waals surface area contributed by atoms with Gasteiger partial charge in [-0.15, -0.1) is 0 Å². The fraction of sp³-hybridized carbons (Fsp3) is 0.279. The van der Waals surface area contributed by atoms with Crippen molar-refractivity contribution < 1.29 is 19.1 Å². The van der Waals surface area contributed by atoms with Crippen molar-refractivity contribution in [3.05, 3.63) is 128 Å². The zero-order valence-corrected chi connectivity index (χ0v) is 34.0. The predicted octanol–water partition coefficient (Wildman–Crippen LogP) is 7.65. The molecule has 14 heteroatoms. The number of hydrogen-bond acceptors (Lipinski definition) is 9. The van der Waals surface area contributed by atoms with Gasteiger partial charge in [0.25, 0.3) is 0 Å². The molecule has 0 radical (unpaired) electrons. The minimum atomic E-state index is 0.0621. The smallest absolute Gasteiger partial charge is 0.231 e. The van der Waals surface area contributed by atoms with E-state index in [1.54, 1.807) is 12.3 Å². The fourth-order valence-electron chi connectivity index (χ4n) is 6.87. The highest BCUT2D eigenvalue weighted by Gasteiger charge is 2.22. The van der Waals surface area contributed by atoms with Gasteiger partial charge in [-0.2, -0.15) is 10.2 Å². The molecule has 3 aromatic carbocycles. The topological polar surface area (TPSA) is 150 Å². The summed E-state index contributed by atoms with van der Waals surface area (Å²) in [6.07, 6.45) is 5.91. The van der Waals surface area contributed by atoms with Crippen molar-refractivity contribution in [3.63, 3.8) is 0 Å². The summed E-state index contributed by atoms with van der Waals surface area (Å²) in [6, 6.07) is 25.9. The molecule has 2 saturated heterocycles. The summed E-state index contributed by atoms with van der Waals surface area (Å²) in [4.78, 5) is 32.1. The van der Waals surface area contributed by atoms with Crippen molar-refractivity contribution in [2.75, 3.05) is 13.1 Å². The van der Waals surface area contributed by atoms with Gasteiger partial charge in [0, 0.05) is 96.9 Å². The number of carbonyl (C=O) groups is 2. The van der Waals surface area contributed by atoms with Crippen molar-refractivity contribution in [2.24, 2.45) is 0 Å². The molecule has 0 saturated carbocycles. The molecule has 11 nitrogen and oxygen atoms in total. The summed E-state index contributed by atoms with van der Waals surface area (Å²) in [5, 5.41) is 23.2. The first-order valence-electron chi connectivity index (χ1n) is 18.7. The average molecular weight is 870 g/mol. The van der Waals surface area contributed by atoms with Crippen LogP contribution in [0.2, 0.25) is 10.0 Å². The van der Waals surface area contributed by atoms with Crippen LogP contribution in [0.25, 0.3) is 22.3 Å². The average Bonchev–Trinajstić information content (AvgIpc) is 3.84. The van der Waals surface area contributed by atoms with Gasteiger partial charge in [-0.1, -0.05) is 83.9 Å². The molecular weight excluding hydrogens is 829 g/mol. The molecule has 2 aromatic heterocycles. The lowest BCUT2D eigenvalue weighted by Gasteiger charge is -2.17. The van der Waals surface area contributed by atoms with Crippen LogP contribution in [0, 0.1) is 11.3 Å². The van der Waals surface area contributed by atoms with Crippen LogP contribution in [0.4, 0.5) is 0 Å². The second kappa shape index (κ2) is 18.9. The molecule has 0 bridgehead atoms. The number of ether oxygens (including phenoxy) is 2. The van der Waals surface area contributed by atoms with E-state index in [1.165, 1.54) is 6.20 Å². The second-order valence-corrected chi connectivity index (χ2v) is 15.6. The van der Waals surface area contributed by atoms with Crippen LogP contribution in [0.5, 0.6) is 11.8 Å². The molecule has 2 aliphatic rings. The van der Waals surface area contributed by atoms with Gasteiger partial charge in [-0.3, -0.25) is 14.6 Å². The van der Waals surface area contributed by atoms with Crippen LogP contribution in [-0.2, 0) is 35.9 Å². The number of pyridine rings is 2. The van der Waals surface area contributed by atoms with Crippen molar-refractivity contribution in [2.45, 2.75) is 64.1 Å². The maximum absolute atomic E-state index is 11.7. The molecule has 4 N–H and O–H groups in total. The van der Waals surface area contributed by atoms with Crippen LogP contribution in [-0.4, -0.2) is 47.0 Å². The number of nitrogens with zero attached hydrogens (tertiary/aromatic N) is 3. The van der Waals surface area contributed by atoms with E-state index in [4.69, 9.17) is 37.7 Å². The number of carbonyl (C=O) groups excluding carboxylic acids is 2. The Kier molecular flexibility index (Phi) is 13.4. The second-order valence-electron chi connectivity index (χ2n) is 14.0. The van der Waals surface area contributed by atoms with E-state index in [-0.39, 0.29) is 37.1 Å². The third kappa shape index (κ3) is 10.3. The van der Waals surface area contributed by atoms with E-state index in [0.717, 1.165) is 63.9 Å². The van der Waals surface area contributed by atoms with Gasteiger partial charge in [0.1, 0.15) is 19.3 Å². The third-order valence-corrected chi connectivity index (χ3v) is 11.3. The highest BCUT2D eigenvalue weighted by atomic mass is 79.9. The van der Waals surface area contributed by atoms with E-state index in [9.17, 15) is 14.9 Å². The summed E-state index contributed by atoms with van der Waals surface area (Å²) >= 11 is 17.8. The van der Waals surface area contributed by atoms with Crippen molar-refractivity contribution in [1.82, 2.24) is 31.2 Å². The van der Waals surface area contributed by atoms with E-state index in [0.29, 0.717) is 64.3 Å². The number of amides is 2. The van der Waals surface area contributed by atoms with E-state index in [1.807, 2.05) is 42.5 Å². The minimum absolute atomic E-state index is 0.0621. The van der Waals surface area contributed by atoms with Gasteiger partial charge in [-0.05, 0) is 52.0 Å². The first-order valence-corrected chi connectivity index (χ1v) is 20.2. The Labute approximate surface area is 349 Å². The Morgan fingerprint density at radius 2 is 1.40 bits per heavy atom. The molecule has 2 aliphatic heterocycles. The lowest BCUT2D eigenvalue weighted by Crippen LogP contribution is -2.35. The summed E-state index contributed by atoms with van der Waals surface area (Å²) in [5.41, 5.74) is 7.24. The number of benzene rings is 3. The minimum Gasteiger partial charge on any atom is -0.472 e. The Bertz CT molecular complexity index is 2300. The van der Waals surface area contributed by atoms with Gasteiger partial charge in [0.2, 0.25) is 23.6 Å².